The van der Waals surface area contributed by atoms with Crippen LogP contribution >= 0.6 is 0 Å². The van der Waals surface area contributed by atoms with E-state index in [0.29, 0.717) is 13.0 Å². The van der Waals surface area contributed by atoms with Gasteiger partial charge in [0, 0.05) is 17.9 Å². The topological polar surface area (TPSA) is 59.0 Å². The van der Waals surface area contributed by atoms with E-state index in [-0.39, 0.29) is 11.5 Å². The van der Waals surface area contributed by atoms with Gasteiger partial charge in [0.05, 0.1) is 12.7 Å². The first-order chi connectivity index (χ1) is 9.19. The third-order valence-electron chi connectivity index (χ3n) is 3.92. The number of ether oxygens (including phenoxy) is 1. The van der Waals surface area contributed by atoms with Crippen LogP contribution in [0.4, 0.5) is 0 Å². The molecule has 1 saturated carbocycles. The number of para-hydroxylation sites is 1. The molecule has 3 heteroatoms. The van der Waals surface area contributed by atoms with Crippen LogP contribution in [0.25, 0.3) is 0 Å². The Kier molecular flexibility index (Phi) is 4.44. The zero-order valence-corrected chi connectivity index (χ0v) is 11.6. The standard InChI is InChI=1S/C16H22N2O/c1-2-14(18)11-13-5-3-4-6-15(13)19-12-16(7-8-16)9-10-17/h3-6,14H,2,7-9,11-12,18H2,1H3. The van der Waals surface area contributed by atoms with Gasteiger partial charge in [-0.05, 0) is 37.3 Å². The molecule has 0 spiro atoms. The zero-order valence-electron chi connectivity index (χ0n) is 11.6. The number of rotatable bonds is 7. The summed E-state index contributed by atoms with van der Waals surface area (Å²) in [5, 5.41) is 8.82. The van der Waals surface area contributed by atoms with Gasteiger partial charge in [0.25, 0.3) is 0 Å². The first-order valence-electron chi connectivity index (χ1n) is 7.02. The number of nitriles is 1. The van der Waals surface area contributed by atoms with Gasteiger partial charge in [0.15, 0.2) is 0 Å². The molecule has 2 rings (SSSR count). The lowest BCUT2D eigenvalue weighted by atomic mass is 10.0. The molecule has 2 N–H and O–H groups in total. The Morgan fingerprint density at radius 1 is 1.42 bits per heavy atom. The smallest absolute Gasteiger partial charge is 0.122 e. The number of nitrogens with zero attached hydrogens (tertiary/aromatic N) is 1. The quantitative estimate of drug-likeness (QED) is 0.817. The van der Waals surface area contributed by atoms with E-state index in [0.717, 1.165) is 31.4 Å². The molecule has 1 aliphatic carbocycles. The molecule has 1 aliphatic rings. The molecule has 0 amide bonds. The highest BCUT2D eigenvalue weighted by molar-refractivity contribution is 5.34. The largest absolute Gasteiger partial charge is 0.493 e. The van der Waals surface area contributed by atoms with Crippen molar-refractivity contribution in [2.75, 3.05) is 6.61 Å². The first kappa shape index (κ1) is 13.9. The summed E-state index contributed by atoms with van der Waals surface area (Å²) in [6.45, 7) is 2.75. The maximum atomic E-state index is 8.82. The van der Waals surface area contributed by atoms with Gasteiger partial charge in [-0.3, -0.25) is 0 Å². The lowest BCUT2D eigenvalue weighted by Crippen LogP contribution is -2.22. The van der Waals surface area contributed by atoms with Crippen LogP contribution in [0.5, 0.6) is 5.75 Å². The van der Waals surface area contributed by atoms with E-state index in [1.165, 1.54) is 5.56 Å². The van der Waals surface area contributed by atoms with E-state index >= 15 is 0 Å². The van der Waals surface area contributed by atoms with Gasteiger partial charge < -0.3 is 10.5 Å². The van der Waals surface area contributed by atoms with Gasteiger partial charge >= 0.3 is 0 Å². The van der Waals surface area contributed by atoms with Gasteiger partial charge in [0.1, 0.15) is 5.75 Å². The van der Waals surface area contributed by atoms with E-state index in [4.69, 9.17) is 15.7 Å². The highest BCUT2D eigenvalue weighted by atomic mass is 16.5. The number of hydrogen-bond donors (Lipinski definition) is 1. The average Bonchev–Trinajstić information content (AvgIpc) is 3.18. The second-order valence-electron chi connectivity index (χ2n) is 5.60. The van der Waals surface area contributed by atoms with E-state index in [2.05, 4.69) is 19.1 Å². The van der Waals surface area contributed by atoms with Gasteiger partial charge in [0.2, 0.25) is 0 Å². The summed E-state index contributed by atoms with van der Waals surface area (Å²) in [5.74, 6) is 0.926. The van der Waals surface area contributed by atoms with Crippen molar-refractivity contribution in [3.63, 3.8) is 0 Å². The highest BCUT2D eigenvalue weighted by Crippen LogP contribution is 2.48. The van der Waals surface area contributed by atoms with Crippen molar-refractivity contribution in [2.24, 2.45) is 11.1 Å². The molecule has 0 radical (unpaired) electrons. The molecular formula is C16H22N2O. The molecule has 1 fully saturated rings. The van der Waals surface area contributed by atoms with Crippen molar-refractivity contribution in [3.05, 3.63) is 29.8 Å². The summed E-state index contributed by atoms with van der Waals surface area (Å²) in [6, 6.07) is 10.5. The molecule has 0 heterocycles. The van der Waals surface area contributed by atoms with E-state index in [1.54, 1.807) is 0 Å². The molecule has 1 atom stereocenters. The average molecular weight is 258 g/mol. The van der Waals surface area contributed by atoms with Gasteiger partial charge in [-0.1, -0.05) is 25.1 Å². The van der Waals surface area contributed by atoms with Crippen molar-refractivity contribution in [1.29, 1.82) is 5.26 Å². The minimum atomic E-state index is 0.120. The van der Waals surface area contributed by atoms with Crippen LogP contribution in [0.15, 0.2) is 24.3 Å². The zero-order chi connectivity index (χ0) is 13.7. The Labute approximate surface area is 115 Å². The third kappa shape index (κ3) is 3.71. The molecule has 0 aliphatic heterocycles. The molecule has 19 heavy (non-hydrogen) atoms. The predicted molar refractivity (Wildman–Crippen MR) is 75.8 cm³/mol. The molecule has 1 aromatic rings. The van der Waals surface area contributed by atoms with E-state index in [1.807, 2.05) is 18.2 Å². The monoisotopic (exact) mass is 258 g/mol. The molecule has 0 saturated heterocycles. The van der Waals surface area contributed by atoms with Crippen molar-refractivity contribution in [3.8, 4) is 11.8 Å². The predicted octanol–water partition coefficient (Wildman–Crippen LogP) is 3.04. The summed E-state index contributed by atoms with van der Waals surface area (Å²) in [4.78, 5) is 0. The normalized spacial score (nSPS) is 17.5. The summed E-state index contributed by atoms with van der Waals surface area (Å²) >= 11 is 0. The Morgan fingerprint density at radius 3 is 2.79 bits per heavy atom. The van der Waals surface area contributed by atoms with Crippen molar-refractivity contribution in [2.45, 2.75) is 45.1 Å². The van der Waals surface area contributed by atoms with Crippen LogP contribution in [-0.4, -0.2) is 12.6 Å². The van der Waals surface area contributed by atoms with Crippen LogP contribution in [0.2, 0.25) is 0 Å². The summed E-state index contributed by atoms with van der Waals surface area (Å²) in [7, 11) is 0. The van der Waals surface area contributed by atoms with Crippen molar-refractivity contribution >= 4 is 0 Å². The Balaban J connectivity index is 1.98. The molecule has 102 valence electrons. The fraction of sp³-hybridized carbons (Fsp3) is 0.562. The Bertz CT molecular complexity index is 460. The number of benzene rings is 1. The minimum Gasteiger partial charge on any atom is -0.493 e. The summed E-state index contributed by atoms with van der Waals surface area (Å²) in [5.41, 5.74) is 7.31. The molecule has 0 bridgehead atoms. The maximum absolute atomic E-state index is 8.82. The van der Waals surface area contributed by atoms with Crippen molar-refractivity contribution < 1.29 is 4.74 Å². The van der Waals surface area contributed by atoms with Gasteiger partial charge in [-0.2, -0.15) is 5.26 Å². The Morgan fingerprint density at radius 2 is 2.16 bits per heavy atom. The summed E-state index contributed by atoms with van der Waals surface area (Å²) in [6.07, 6.45) is 4.63. The molecule has 1 aromatic carbocycles. The fourth-order valence-corrected chi connectivity index (χ4v) is 2.19. The van der Waals surface area contributed by atoms with Crippen molar-refractivity contribution in [1.82, 2.24) is 0 Å². The highest BCUT2D eigenvalue weighted by Gasteiger charge is 2.43. The van der Waals surface area contributed by atoms with E-state index < -0.39 is 0 Å². The van der Waals surface area contributed by atoms with Gasteiger partial charge in [-0.15, -0.1) is 0 Å². The molecule has 3 nitrogen and oxygen atoms in total. The number of hydrogen-bond acceptors (Lipinski definition) is 3. The minimum absolute atomic E-state index is 0.120. The van der Waals surface area contributed by atoms with Crippen LogP contribution in [0, 0.1) is 16.7 Å². The number of nitrogens with two attached hydrogens (primary N) is 1. The maximum Gasteiger partial charge on any atom is 0.122 e. The van der Waals surface area contributed by atoms with Crippen LogP contribution in [0.1, 0.15) is 38.2 Å². The SMILES string of the molecule is CCC(N)Cc1ccccc1OCC1(CC#N)CC1. The molecule has 0 aromatic heterocycles. The second-order valence-corrected chi connectivity index (χ2v) is 5.60. The fourth-order valence-electron chi connectivity index (χ4n) is 2.19. The van der Waals surface area contributed by atoms with E-state index in [9.17, 15) is 0 Å². The lowest BCUT2D eigenvalue weighted by molar-refractivity contribution is 0.234. The van der Waals surface area contributed by atoms with Crippen LogP contribution in [-0.2, 0) is 6.42 Å². The van der Waals surface area contributed by atoms with Crippen LogP contribution in [0.3, 0.4) is 0 Å². The van der Waals surface area contributed by atoms with Crippen LogP contribution < -0.4 is 10.5 Å². The molecule has 1 unspecified atom stereocenters. The first-order valence-corrected chi connectivity index (χ1v) is 7.02. The summed E-state index contributed by atoms with van der Waals surface area (Å²) < 4.78 is 5.96. The lowest BCUT2D eigenvalue weighted by Gasteiger charge is -2.17. The Hall–Kier alpha value is -1.53. The second kappa shape index (κ2) is 6.08. The third-order valence-corrected chi connectivity index (χ3v) is 3.92. The van der Waals surface area contributed by atoms with Gasteiger partial charge in [-0.25, -0.2) is 0 Å². The molecular weight excluding hydrogens is 236 g/mol.